The number of nitrogens with one attached hydrogen (secondary N) is 1. The van der Waals surface area contributed by atoms with E-state index in [-0.39, 0.29) is 18.7 Å². The fourth-order valence-corrected chi connectivity index (χ4v) is 1.92. The highest BCUT2D eigenvalue weighted by molar-refractivity contribution is 5.99. The molecule has 1 atom stereocenters. The van der Waals surface area contributed by atoms with Gasteiger partial charge in [-0.2, -0.15) is 0 Å². The zero-order valence-corrected chi connectivity index (χ0v) is 11.2. The van der Waals surface area contributed by atoms with Crippen molar-refractivity contribution < 1.29 is 27.8 Å². The first-order valence-corrected chi connectivity index (χ1v) is 6.13. The van der Waals surface area contributed by atoms with E-state index >= 15 is 0 Å². The Labute approximate surface area is 119 Å². The number of halogens is 2. The molecule has 0 spiro atoms. The summed E-state index contributed by atoms with van der Waals surface area (Å²) in [6.07, 6.45) is 0.283. The predicted octanol–water partition coefficient (Wildman–Crippen LogP) is 0.808. The van der Waals surface area contributed by atoms with Crippen LogP contribution in [0.5, 0.6) is 0 Å². The molecule has 1 aliphatic rings. The fraction of sp³-hybridized carbons (Fsp3) is 0.385. The number of hydrogen-bond donors (Lipinski definition) is 2. The molecule has 1 heterocycles. The minimum atomic E-state index is -1.27. The molecule has 0 aliphatic carbocycles. The van der Waals surface area contributed by atoms with Gasteiger partial charge < -0.3 is 20.5 Å². The van der Waals surface area contributed by atoms with Gasteiger partial charge in [0.1, 0.15) is 17.2 Å². The van der Waals surface area contributed by atoms with Crippen LogP contribution < -0.4 is 11.1 Å². The number of benzene rings is 1. The maximum absolute atomic E-state index is 13.7. The van der Waals surface area contributed by atoms with Gasteiger partial charge in [0.25, 0.3) is 0 Å². The Morgan fingerprint density at radius 1 is 1.38 bits per heavy atom. The lowest BCUT2D eigenvalue weighted by Gasteiger charge is -2.21. The first-order chi connectivity index (χ1) is 9.87. The molecule has 1 aromatic rings. The summed E-state index contributed by atoms with van der Waals surface area (Å²) in [7, 11) is 1.06. The largest absolute Gasteiger partial charge is 0.465 e. The first kappa shape index (κ1) is 15.3. The highest BCUT2D eigenvalue weighted by atomic mass is 19.1. The lowest BCUT2D eigenvalue weighted by molar-refractivity contribution is -0.121. The van der Waals surface area contributed by atoms with Crippen molar-refractivity contribution in [1.29, 1.82) is 0 Å². The van der Waals surface area contributed by atoms with Crippen molar-refractivity contribution in [3.63, 3.8) is 0 Å². The molecule has 0 saturated carbocycles. The summed E-state index contributed by atoms with van der Waals surface area (Å²) in [6, 6.07) is 1.36. The lowest BCUT2D eigenvalue weighted by Crippen LogP contribution is -2.51. The number of rotatable bonds is 3. The monoisotopic (exact) mass is 300 g/mol. The van der Waals surface area contributed by atoms with Crippen LogP contribution in [0.15, 0.2) is 12.1 Å². The van der Waals surface area contributed by atoms with Crippen LogP contribution in [-0.4, -0.2) is 37.7 Å². The van der Waals surface area contributed by atoms with Crippen LogP contribution >= 0.6 is 0 Å². The van der Waals surface area contributed by atoms with Crippen molar-refractivity contribution in [2.75, 3.05) is 25.6 Å². The predicted molar refractivity (Wildman–Crippen MR) is 68.7 cm³/mol. The molecule has 0 radical (unpaired) electrons. The minimum Gasteiger partial charge on any atom is -0.465 e. The molecular weight excluding hydrogens is 286 g/mol. The van der Waals surface area contributed by atoms with E-state index in [0.717, 1.165) is 13.2 Å². The number of carbonyl (C=O) groups excluding carboxylic acids is 2. The number of esters is 1. The molecule has 114 valence electrons. The number of ether oxygens (including phenoxy) is 2. The van der Waals surface area contributed by atoms with Crippen LogP contribution in [0.2, 0.25) is 0 Å². The van der Waals surface area contributed by atoms with Gasteiger partial charge in [0.15, 0.2) is 0 Å². The second-order valence-electron chi connectivity index (χ2n) is 4.72. The Morgan fingerprint density at radius 2 is 2.10 bits per heavy atom. The molecule has 1 aromatic carbocycles. The zero-order chi connectivity index (χ0) is 15.6. The lowest BCUT2D eigenvalue weighted by atomic mass is 9.99. The standard InChI is InChI=1S/C13H14F2N2O4/c1-20-11(18)7-4-10(9(15)5-8(7)14)17-12(19)13(16)2-3-21-6-13/h4-5H,2-3,6,16H2,1H3,(H,17,19). The summed E-state index contributed by atoms with van der Waals surface area (Å²) in [5.41, 5.74) is 3.73. The van der Waals surface area contributed by atoms with Crippen molar-refractivity contribution in [3.05, 3.63) is 29.3 Å². The van der Waals surface area contributed by atoms with E-state index in [0.29, 0.717) is 12.7 Å². The Bertz CT molecular complexity index is 586. The van der Waals surface area contributed by atoms with Crippen LogP contribution in [0, 0.1) is 11.6 Å². The number of nitrogens with two attached hydrogens (primary N) is 1. The summed E-state index contributed by atoms with van der Waals surface area (Å²) >= 11 is 0. The average Bonchev–Trinajstić information content (AvgIpc) is 2.89. The first-order valence-electron chi connectivity index (χ1n) is 6.13. The normalized spacial score (nSPS) is 21.1. The van der Waals surface area contributed by atoms with Gasteiger partial charge >= 0.3 is 5.97 Å². The van der Waals surface area contributed by atoms with Gasteiger partial charge in [0.2, 0.25) is 5.91 Å². The third kappa shape index (κ3) is 3.01. The summed E-state index contributed by atoms with van der Waals surface area (Å²) < 4.78 is 36.6. The number of amides is 1. The summed E-state index contributed by atoms with van der Waals surface area (Å²) in [5.74, 6) is -3.74. The Morgan fingerprint density at radius 3 is 2.67 bits per heavy atom. The van der Waals surface area contributed by atoms with E-state index in [4.69, 9.17) is 10.5 Å². The molecule has 3 N–H and O–H groups in total. The maximum Gasteiger partial charge on any atom is 0.340 e. The molecule has 1 amide bonds. The minimum absolute atomic E-state index is 0.00546. The van der Waals surface area contributed by atoms with Gasteiger partial charge in [-0.05, 0) is 12.5 Å². The summed E-state index contributed by atoms with van der Waals surface area (Å²) in [6.45, 7) is 0.328. The molecule has 1 saturated heterocycles. The molecule has 21 heavy (non-hydrogen) atoms. The van der Waals surface area contributed by atoms with E-state index < -0.39 is 34.6 Å². The molecule has 8 heteroatoms. The van der Waals surface area contributed by atoms with Crippen molar-refractivity contribution in [2.24, 2.45) is 5.73 Å². The highest BCUT2D eigenvalue weighted by Crippen LogP contribution is 2.23. The molecule has 1 fully saturated rings. The molecule has 0 aromatic heterocycles. The molecule has 1 aliphatic heterocycles. The molecule has 2 rings (SSSR count). The molecule has 6 nitrogen and oxygen atoms in total. The topological polar surface area (TPSA) is 90.7 Å². The Hall–Kier alpha value is -2.06. The van der Waals surface area contributed by atoms with Gasteiger partial charge in [-0.1, -0.05) is 0 Å². The third-order valence-corrected chi connectivity index (χ3v) is 3.21. The van der Waals surface area contributed by atoms with E-state index in [9.17, 15) is 18.4 Å². The van der Waals surface area contributed by atoms with E-state index in [1.165, 1.54) is 0 Å². The van der Waals surface area contributed by atoms with Crippen LogP contribution in [0.25, 0.3) is 0 Å². The van der Waals surface area contributed by atoms with E-state index in [1.54, 1.807) is 0 Å². The van der Waals surface area contributed by atoms with Gasteiger partial charge in [0, 0.05) is 12.7 Å². The van der Waals surface area contributed by atoms with Crippen molar-refractivity contribution in [3.8, 4) is 0 Å². The Kier molecular flexibility index (Phi) is 4.19. The van der Waals surface area contributed by atoms with E-state index in [1.807, 2.05) is 0 Å². The van der Waals surface area contributed by atoms with Crippen LogP contribution in [-0.2, 0) is 14.3 Å². The van der Waals surface area contributed by atoms with Crippen molar-refractivity contribution >= 4 is 17.6 Å². The van der Waals surface area contributed by atoms with Crippen LogP contribution in [0.4, 0.5) is 14.5 Å². The average molecular weight is 300 g/mol. The maximum atomic E-state index is 13.7. The number of hydrogen-bond acceptors (Lipinski definition) is 5. The number of anilines is 1. The third-order valence-electron chi connectivity index (χ3n) is 3.21. The quantitative estimate of drug-likeness (QED) is 0.806. The van der Waals surface area contributed by atoms with Gasteiger partial charge in [0.05, 0.1) is 25.0 Å². The van der Waals surface area contributed by atoms with Crippen molar-refractivity contribution in [2.45, 2.75) is 12.0 Å². The smallest absolute Gasteiger partial charge is 0.340 e. The Balaban J connectivity index is 2.27. The number of methoxy groups -OCH3 is 1. The second kappa shape index (κ2) is 5.74. The zero-order valence-electron chi connectivity index (χ0n) is 11.2. The summed E-state index contributed by atoms with van der Waals surface area (Å²) in [4.78, 5) is 23.4. The second-order valence-corrected chi connectivity index (χ2v) is 4.72. The molecule has 0 bridgehead atoms. The number of carbonyl (C=O) groups is 2. The van der Waals surface area contributed by atoms with Gasteiger partial charge in [-0.3, -0.25) is 4.79 Å². The summed E-state index contributed by atoms with van der Waals surface area (Å²) in [5, 5.41) is 2.25. The van der Waals surface area contributed by atoms with Crippen LogP contribution in [0.1, 0.15) is 16.8 Å². The van der Waals surface area contributed by atoms with Crippen LogP contribution in [0.3, 0.4) is 0 Å². The van der Waals surface area contributed by atoms with Crippen molar-refractivity contribution in [1.82, 2.24) is 0 Å². The SMILES string of the molecule is COC(=O)c1cc(NC(=O)C2(N)CCOC2)c(F)cc1F. The molecular formula is C13H14F2N2O4. The fourth-order valence-electron chi connectivity index (χ4n) is 1.92. The van der Waals surface area contributed by atoms with E-state index in [2.05, 4.69) is 10.1 Å². The molecule has 1 unspecified atom stereocenters. The van der Waals surface area contributed by atoms with Gasteiger partial charge in [-0.25, -0.2) is 13.6 Å². The highest BCUT2D eigenvalue weighted by Gasteiger charge is 2.38. The van der Waals surface area contributed by atoms with Gasteiger partial charge in [-0.15, -0.1) is 0 Å².